The molecule has 2 aromatic rings. The van der Waals surface area contributed by atoms with Gasteiger partial charge in [0, 0.05) is 31.9 Å². The molecule has 1 heterocycles. The maximum atomic E-state index is 12.2. The molecule has 1 unspecified atom stereocenters. The van der Waals surface area contributed by atoms with E-state index >= 15 is 0 Å². The summed E-state index contributed by atoms with van der Waals surface area (Å²) in [6, 6.07) is 10.3. The highest BCUT2D eigenvalue weighted by molar-refractivity contribution is 6.30. The van der Waals surface area contributed by atoms with E-state index in [1.54, 1.807) is 47.5 Å². The van der Waals surface area contributed by atoms with Crippen LogP contribution in [0.3, 0.4) is 0 Å². The minimum Gasteiger partial charge on any atom is -0.387 e. The first kappa shape index (κ1) is 16.3. The van der Waals surface area contributed by atoms with Gasteiger partial charge in [-0.25, -0.2) is 4.98 Å². The molecule has 0 fully saturated rings. The first-order valence-corrected chi connectivity index (χ1v) is 7.21. The van der Waals surface area contributed by atoms with Crippen molar-refractivity contribution in [3.63, 3.8) is 0 Å². The van der Waals surface area contributed by atoms with Crippen LogP contribution < -0.4 is 10.2 Å². The molecular formula is C16H18ClN3O2. The van der Waals surface area contributed by atoms with Gasteiger partial charge in [-0.15, -0.1) is 0 Å². The summed E-state index contributed by atoms with van der Waals surface area (Å²) >= 11 is 5.81. The van der Waals surface area contributed by atoms with E-state index < -0.39 is 6.10 Å². The highest BCUT2D eigenvalue weighted by Crippen LogP contribution is 2.17. The maximum absolute atomic E-state index is 12.2. The Labute approximate surface area is 134 Å². The Balaban J connectivity index is 2.02. The Morgan fingerprint density at radius 2 is 2.00 bits per heavy atom. The maximum Gasteiger partial charge on any atom is 0.255 e. The summed E-state index contributed by atoms with van der Waals surface area (Å²) in [6.07, 6.45) is 0.843. The number of amides is 1. The van der Waals surface area contributed by atoms with Gasteiger partial charge in [-0.05, 0) is 29.8 Å². The van der Waals surface area contributed by atoms with Crippen molar-refractivity contribution in [1.29, 1.82) is 0 Å². The average molecular weight is 320 g/mol. The zero-order valence-corrected chi connectivity index (χ0v) is 13.2. The number of nitrogens with one attached hydrogen (secondary N) is 1. The summed E-state index contributed by atoms with van der Waals surface area (Å²) in [7, 11) is 3.64. The number of nitrogens with zero attached hydrogens (tertiary/aromatic N) is 2. The van der Waals surface area contributed by atoms with Crippen molar-refractivity contribution in [1.82, 2.24) is 10.3 Å². The normalized spacial score (nSPS) is 11.8. The van der Waals surface area contributed by atoms with Crippen molar-refractivity contribution in [2.75, 3.05) is 25.5 Å². The van der Waals surface area contributed by atoms with Gasteiger partial charge < -0.3 is 15.3 Å². The molecule has 22 heavy (non-hydrogen) atoms. The number of anilines is 1. The number of hydrogen-bond donors (Lipinski definition) is 2. The molecule has 0 radical (unpaired) electrons. The zero-order chi connectivity index (χ0) is 16.1. The summed E-state index contributed by atoms with van der Waals surface area (Å²) in [5.41, 5.74) is 1.17. The summed E-state index contributed by atoms with van der Waals surface area (Å²) in [5.74, 6) is 0.311. The van der Waals surface area contributed by atoms with E-state index in [4.69, 9.17) is 11.6 Å². The van der Waals surface area contributed by atoms with Crippen LogP contribution in [0.1, 0.15) is 22.0 Å². The van der Waals surface area contributed by atoms with Crippen LogP contribution in [-0.2, 0) is 0 Å². The quantitative estimate of drug-likeness (QED) is 0.887. The van der Waals surface area contributed by atoms with Gasteiger partial charge in [-0.2, -0.15) is 0 Å². The zero-order valence-electron chi connectivity index (χ0n) is 12.5. The van der Waals surface area contributed by atoms with Crippen molar-refractivity contribution in [3.05, 3.63) is 58.7 Å². The number of carbonyl (C=O) groups is 1. The van der Waals surface area contributed by atoms with E-state index in [1.807, 2.05) is 14.1 Å². The highest BCUT2D eigenvalue weighted by Gasteiger charge is 2.15. The Morgan fingerprint density at radius 3 is 2.64 bits per heavy atom. The van der Waals surface area contributed by atoms with E-state index in [9.17, 15) is 9.90 Å². The van der Waals surface area contributed by atoms with E-state index in [2.05, 4.69) is 10.3 Å². The molecule has 0 aliphatic rings. The van der Waals surface area contributed by atoms with Gasteiger partial charge in [-0.3, -0.25) is 4.79 Å². The molecule has 0 spiro atoms. The van der Waals surface area contributed by atoms with Gasteiger partial charge in [0.25, 0.3) is 5.91 Å². The lowest BCUT2D eigenvalue weighted by Crippen LogP contribution is -2.30. The lowest BCUT2D eigenvalue weighted by Gasteiger charge is -2.17. The number of aromatic nitrogens is 1. The van der Waals surface area contributed by atoms with Crippen LogP contribution in [0.15, 0.2) is 42.6 Å². The van der Waals surface area contributed by atoms with E-state index in [1.165, 1.54) is 0 Å². The molecule has 5 nitrogen and oxygen atoms in total. The molecule has 1 aromatic carbocycles. The average Bonchev–Trinajstić information content (AvgIpc) is 2.53. The summed E-state index contributed by atoms with van der Waals surface area (Å²) in [4.78, 5) is 18.2. The number of pyridine rings is 1. The number of halogens is 1. The third-order valence-corrected chi connectivity index (χ3v) is 3.42. The second kappa shape index (κ2) is 7.24. The lowest BCUT2D eigenvalue weighted by atomic mass is 10.1. The van der Waals surface area contributed by atoms with Gasteiger partial charge in [0.1, 0.15) is 5.82 Å². The van der Waals surface area contributed by atoms with Crippen LogP contribution in [-0.4, -0.2) is 36.6 Å². The molecule has 1 atom stereocenters. The molecule has 0 aliphatic carbocycles. The number of benzene rings is 1. The highest BCUT2D eigenvalue weighted by atomic mass is 35.5. The fraction of sp³-hybridized carbons (Fsp3) is 0.250. The Morgan fingerprint density at radius 1 is 1.32 bits per heavy atom. The predicted octanol–water partition coefficient (Wildman–Crippen LogP) is 2.26. The number of hydrogen-bond acceptors (Lipinski definition) is 4. The summed E-state index contributed by atoms with van der Waals surface area (Å²) < 4.78 is 0. The molecule has 0 saturated heterocycles. The van der Waals surface area contributed by atoms with E-state index in [0.717, 1.165) is 0 Å². The Kier molecular flexibility index (Phi) is 5.35. The van der Waals surface area contributed by atoms with Crippen LogP contribution in [0.5, 0.6) is 0 Å². The van der Waals surface area contributed by atoms with Crippen LogP contribution in [0.4, 0.5) is 5.82 Å². The second-order valence-electron chi connectivity index (χ2n) is 5.05. The van der Waals surface area contributed by atoms with Crippen LogP contribution >= 0.6 is 11.6 Å². The molecule has 0 aliphatic heterocycles. The molecule has 0 bridgehead atoms. The summed E-state index contributed by atoms with van der Waals surface area (Å²) in [6.45, 7) is 0.113. The van der Waals surface area contributed by atoms with E-state index in [-0.39, 0.29) is 12.5 Å². The third kappa shape index (κ3) is 3.96. The van der Waals surface area contributed by atoms with Gasteiger partial charge in [-0.1, -0.05) is 23.7 Å². The largest absolute Gasteiger partial charge is 0.387 e. The van der Waals surface area contributed by atoms with Gasteiger partial charge in [0.15, 0.2) is 0 Å². The molecule has 2 N–H and O–H groups in total. The SMILES string of the molecule is CN(C)c1ncccc1C(=O)NCC(O)c1ccc(Cl)cc1. The number of aliphatic hydroxyl groups excluding tert-OH is 1. The standard InChI is InChI=1S/C16H18ClN3O2/c1-20(2)15-13(4-3-9-18-15)16(22)19-10-14(21)11-5-7-12(17)8-6-11/h3-9,14,21H,10H2,1-2H3,(H,19,22). The molecule has 1 aromatic heterocycles. The van der Waals surface area contributed by atoms with Crippen molar-refractivity contribution in [3.8, 4) is 0 Å². The van der Waals surface area contributed by atoms with E-state index in [0.29, 0.717) is 22.0 Å². The van der Waals surface area contributed by atoms with Crippen molar-refractivity contribution in [2.45, 2.75) is 6.10 Å². The first-order chi connectivity index (χ1) is 10.5. The molecule has 2 rings (SSSR count). The molecule has 0 saturated carbocycles. The smallest absolute Gasteiger partial charge is 0.255 e. The van der Waals surface area contributed by atoms with Crippen molar-refractivity contribution in [2.24, 2.45) is 0 Å². The Hall–Kier alpha value is -2.11. The minimum atomic E-state index is -0.791. The fourth-order valence-corrected chi connectivity index (χ4v) is 2.14. The van der Waals surface area contributed by atoms with Crippen LogP contribution in [0, 0.1) is 0 Å². The first-order valence-electron chi connectivity index (χ1n) is 6.83. The molecular weight excluding hydrogens is 302 g/mol. The second-order valence-corrected chi connectivity index (χ2v) is 5.48. The van der Waals surface area contributed by atoms with Crippen LogP contribution in [0.2, 0.25) is 5.02 Å². The van der Waals surface area contributed by atoms with Crippen molar-refractivity contribution >= 4 is 23.3 Å². The number of rotatable bonds is 5. The monoisotopic (exact) mass is 319 g/mol. The minimum absolute atomic E-state index is 0.113. The summed E-state index contributed by atoms with van der Waals surface area (Å²) in [5, 5.41) is 13.4. The molecule has 6 heteroatoms. The predicted molar refractivity (Wildman–Crippen MR) is 87.3 cm³/mol. The molecule has 1 amide bonds. The van der Waals surface area contributed by atoms with Crippen LogP contribution in [0.25, 0.3) is 0 Å². The lowest BCUT2D eigenvalue weighted by molar-refractivity contribution is 0.0916. The van der Waals surface area contributed by atoms with Crippen molar-refractivity contribution < 1.29 is 9.90 Å². The number of aliphatic hydroxyl groups is 1. The van der Waals surface area contributed by atoms with Gasteiger partial charge >= 0.3 is 0 Å². The topological polar surface area (TPSA) is 65.5 Å². The fourth-order valence-electron chi connectivity index (χ4n) is 2.02. The number of carbonyl (C=O) groups excluding carboxylic acids is 1. The Bertz CT molecular complexity index is 644. The third-order valence-electron chi connectivity index (χ3n) is 3.17. The van der Waals surface area contributed by atoms with Gasteiger partial charge in [0.05, 0.1) is 11.7 Å². The molecule has 116 valence electrons. The van der Waals surface area contributed by atoms with Gasteiger partial charge in [0.2, 0.25) is 0 Å².